The first-order chi connectivity index (χ1) is 30.6. The fourth-order valence-corrected chi connectivity index (χ4v) is 8.94. The molecule has 5 aromatic carbocycles. The number of phenols is 3. The van der Waals surface area contributed by atoms with Gasteiger partial charge in [0.25, 0.3) is 0 Å². The number of nitrogens with one attached hydrogen (secondary N) is 3. The van der Waals surface area contributed by atoms with Gasteiger partial charge in [0.1, 0.15) is 28.7 Å². The van der Waals surface area contributed by atoms with Crippen molar-refractivity contribution in [2.45, 2.75) is 24.6 Å². The van der Waals surface area contributed by atoms with E-state index in [1.54, 1.807) is 76.6 Å². The predicted octanol–water partition coefficient (Wildman–Crippen LogP) is 7.57. The summed E-state index contributed by atoms with van der Waals surface area (Å²) in [5.41, 5.74) is 4.89. The molecule has 16 heteroatoms. The van der Waals surface area contributed by atoms with Gasteiger partial charge in [-0.25, -0.2) is 24.0 Å². The van der Waals surface area contributed by atoms with E-state index >= 15 is 0 Å². The van der Waals surface area contributed by atoms with Gasteiger partial charge in [0.2, 0.25) is 0 Å². The van der Waals surface area contributed by atoms with Gasteiger partial charge in [-0.1, -0.05) is 24.3 Å². The summed E-state index contributed by atoms with van der Waals surface area (Å²) in [6.45, 7) is 1.66. The SMILES string of the molecule is O=C(NCc1cnn(-c2cccc(NC(=O)N3c4nc(-c5cccc(O)c5)ccc4N4CC[C@H]3C4)c2)c1)Nc1ccc2c(c1)C(=O)OC21c2ccc(O)cc2Oc2cc(O)ccc21. The molecule has 2 aromatic heterocycles. The molecule has 2 bridgehead atoms. The van der Waals surface area contributed by atoms with Crippen LogP contribution in [0.2, 0.25) is 0 Å². The first kappa shape index (κ1) is 37.5. The van der Waals surface area contributed by atoms with Crippen molar-refractivity contribution >= 4 is 40.9 Å². The number of pyridine rings is 1. The normalized spacial score (nSPS) is 16.0. The van der Waals surface area contributed by atoms with Crippen LogP contribution in [0, 0.1) is 0 Å². The number of aromatic nitrogens is 3. The Balaban J connectivity index is 0.767. The van der Waals surface area contributed by atoms with E-state index in [2.05, 4.69) is 25.9 Å². The molecule has 4 aliphatic rings. The average Bonchev–Trinajstić information content (AvgIpc) is 4.00. The van der Waals surface area contributed by atoms with E-state index in [1.807, 2.05) is 36.4 Å². The fourth-order valence-electron chi connectivity index (χ4n) is 8.94. The quantitative estimate of drug-likeness (QED) is 0.0902. The third-order valence-corrected chi connectivity index (χ3v) is 11.8. The molecule has 0 saturated carbocycles. The van der Waals surface area contributed by atoms with Gasteiger partial charge >= 0.3 is 18.0 Å². The summed E-state index contributed by atoms with van der Waals surface area (Å²) in [6.07, 6.45) is 4.21. The number of carbonyl (C=O) groups excluding carboxylic acids is 3. The minimum atomic E-state index is -1.42. The Morgan fingerprint density at radius 3 is 2.33 bits per heavy atom. The van der Waals surface area contributed by atoms with Crippen LogP contribution in [-0.4, -0.2) is 67.2 Å². The minimum absolute atomic E-state index is 0.0453. The molecule has 0 aliphatic carbocycles. The summed E-state index contributed by atoms with van der Waals surface area (Å²) in [5.74, 6) is 0.522. The van der Waals surface area contributed by atoms with Crippen LogP contribution in [0.4, 0.5) is 32.5 Å². The number of esters is 1. The number of urea groups is 2. The minimum Gasteiger partial charge on any atom is -0.508 e. The van der Waals surface area contributed by atoms with E-state index in [1.165, 1.54) is 24.3 Å². The predicted molar refractivity (Wildman–Crippen MR) is 231 cm³/mol. The van der Waals surface area contributed by atoms with E-state index in [-0.39, 0.29) is 52.9 Å². The number of rotatable bonds is 6. The summed E-state index contributed by atoms with van der Waals surface area (Å²) < 4.78 is 13.8. The fraction of sp³-hybridized carbons (Fsp3) is 0.128. The number of aromatic hydroxyl groups is 3. The lowest BCUT2D eigenvalue weighted by Crippen LogP contribution is -2.48. The van der Waals surface area contributed by atoms with Crippen LogP contribution < -0.4 is 30.5 Å². The number of ether oxygens (including phenoxy) is 2. The highest BCUT2D eigenvalue weighted by Crippen LogP contribution is 2.57. The van der Waals surface area contributed by atoms with Crippen LogP contribution in [0.1, 0.15) is 39.0 Å². The molecular formula is C47H36N8O8. The summed E-state index contributed by atoms with van der Waals surface area (Å²) >= 11 is 0. The average molecular weight is 841 g/mol. The van der Waals surface area contributed by atoms with Crippen molar-refractivity contribution in [1.82, 2.24) is 20.1 Å². The second-order valence-electron chi connectivity index (χ2n) is 15.7. The number of hydrogen-bond donors (Lipinski definition) is 6. The van der Waals surface area contributed by atoms with Gasteiger partial charge in [-0.2, -0.15) is 5.10 Å². The Morgan fingerprint density at radius 1 is 0.794 bits per heavy atom. The van der Waals surface area contributed by atoms with Gasteiger partial charge in [-0.05, 0) is 85.3 Å². The smallest absolute Gasteiger partial charge is 0.340 e. The monoisotopic (exact) mass is 840 g/mol. The highest BCUT2D eigenvalue weighted by Gasteiger charge is 2.54. The maximum absolute atomic E-state index is 14.0. The van der Waals surface area contributed by atoms with Gasteiger partial charge < -0.3 is 45.6 Å². The number of anilines is 4. The molecule has 7 aromatic rings. The van der Waals surface area contributed by atoms with E-state index in [9.17, 15) is 29.7 Å². The molecule has 1 fully saturated rings. The number of fused-ring (bicyclic) bond motifs is 10. The molecule has 63 heavy (non-hydrogen) atoms. The number of nitrogens with zero attached hydrogens (tertiary/aromatic N) is 5. The van der Waals surface area contributed by atoms with E-state index in [4.69, 9.17) is 14.5 Å². The van der Waals surface area contributed by atoms with Crippen LogP contribution in [-0.2, 0) is 16.9 Å². The summed E-state index contributed by atoms with van der Waals surface area (Å²) in [6, 6.07) is 31.1. The van der Waals surface area contributed by atoms with Crippen molar-refractivity contribution in [1.29, 1.82) is 0 Å². The number of amides is 4. The number of benzene rings is 5. The largest absolute Gasteiger partial charge is 0.508 e. The van der Waals surface area contributed by atoms with Gasteiger partial charge in [0.15, 0.2) is 11.4 Å². The van der Waals surface area contributed by atoms with Crippen molar-refractivity contribution in [3.05, 3.63) is 155 Å². The lowest BCUT2D eigenvalue weighted by Gasteiger charge is -2.36. The second kappa shape index (κ2) is 14.3. The zero-order chi connectivity index (χ0) is 43.0. The van der Waals surface area contributed by atoms with Crippen molar-refractivity contribution in [2.75, 3.05) is 33.5 Å². The van der Waals surface area contributed by atoms with E-state index in [0.29, 0.717) is 57.4 Å². The molecule has 4 amide bonds. The molecule has 1 atom stereocenters. The molecule has 1 saturated heterocycles. The molecule has 0 radical (unpaired) electrons. The van der Waals surface area contributed by atoms with Crippen LogP contribution in [0.5, 0.6) is 28.7 Å². The third kappa shape index (κ3) is 6.34. The lowest BCUT2D eigenvalue weighted by atomic mass is 9.77. The highest BCUT2D eigenvalue weighted by atomic mass is 16.6. The second-order valence-corrected chi connectivity index (χ2v) is 15.7. The zero-order valence-electron chi connectivity index (χ0n) is 33.1. The van der Waals surface area contributed by atoms with Crippen LogP contribution in [0.3, 0.4) is 0 Å². The molecule has 312 valence electrons. The van der Waals surface area contributed by atoms with Crippen molar-refractivity contribution < 1.29 is 39.2 Å². The van der Waals surface area contributed by atoms with Crippen molar-refractivity contribution in [3.8, 4) is 45.7 Å². The van der Waals surface area contributed by atoms with Gasteiger partial charge in [0, 0.05) is 77.2 Å². The maximum Gasteiger partial charge on any atom is 0.340 e. The first-order valence-corrected chi connectivity index (χ1v) is 20.2. The molecule has 4 aliphatic heterocycles. The number of hydrogen-bond acceptors (Lipinski definition) is 11. The molecule has 1 spiro atoms. The lowest BCUT2D eigenvalue weighted by molar-refractivity contribution is 0.0224. The zero-order valence-corrected chi connectivity index (χ0v) is 33.1. The summed E-state index contributed by atoms with van der Waals surface area (Å²) in [4.78, 5) is 49.6. The number of carbonyl (C=O) groups is 3. The van der Waals surface area contributed by atoms with Crippen molar-refractivity contribution in [2.24, 2.45) is 0 Å². The molecule has 11 rings (SSSR count). The Morgan fingerprint density at radius 2 is 1.54 bits per heavy atom. The highest BCUT2D eigenvalue weighted by molar-refractivity contribution is 6.05. The summed E-state index contributed by atoms with van der Waals surface area (Å²) in [7, 11) is 0. The number of phenolic OH excluding ortho intramolecular Hbond substituents is 3. The standard InChI is InChI=1S/C47H36N8O8/c56-32-6-1-3-27(17-32)39-13-14-40-43(52-39)55(31-15-16-53(40)25-31)46(61)51-28-4-2-5-30(18-28)54-24-26(23-49-54)22-48-45(60)50-29-7-10-36-35(19-29)44(59)63-47(36)37-11-8-33(57)20-41(37)62-42-21-34(58)9-12-38(42)47/h1-14,17-21,23-24,31,56-58H,15-16,22,25H2,(H,51,61)(H2,48,50,60)/t31-/m0/s1. The Kier molecular flexibility index (Phi) is 8.50. The van der Waals surface area contributed by atoms with Crippen LogP contribution in [0.15, 0.2) is 128 Å². The maximum atomic E-state index is 14.0. The molecule has 6 N–H and O–H groups in total. The Bertz CT molecular complexity index is 3010. The molecule has 6 heterocycles. The molecule has 16 nitrogen and oxygen atoms in total. The van der Waals surface area contributed by atoms with Crippen LogP contribution in [0.25, 0.3) is 16.9 Å². The Labute approximate surface area is 358 Å². The van der Waals surface area contributed by atoms with Crippen LogP contribution >= 0.6 is 0 Å². The van der Waals surface area contributed by atoms with Gasteiger partial charge in [-0.3, -0.25) is 4.90 Å². The summed E-state index contributed by atoms with van der Waals surface area (Å²) in [5, 5.41) is 43.6. The molecule has 0 unspecified atom stereocenters. The van der Waals surface area contributed by atoms with Gasteiger partial charge in [-0.15, -0.1) is 0 Å². The molecular weight excluding hydrogens is 805 g/mol. The first-order valence-electron chi connectivity index (χ1n) is 20.2. The Hall–Kier alpha value is -8.53. The van der Waals surface area contributed by atoms with Gasteiger partial charge in [0.05, 0.1) is 34.9 Å². The van der Waals surface area contributed by atoms with Crippen molar-refractivity contribution in [3.63, 3.8) is 0 Å². The van der Waals surface area contributed by atoms with E-state index < -0.39 is 17.6 Å². The topological polar surface area (TPSA) is 204 Å². The van der Waals surface area contributed by atoms with E-state index in [0.717, 1.165) is 24.2 Å². The third-order valence-electron chi connectivity index (χ3n) is 11.8.